The number of ketones is 1. The Balaban J connectivity index is 2.27. The number of rotatable bonds is 6. The number of aryl methyl sites for hydroxylation is 1. The molecular formula is C14H14Cl2N2O3S. The number of carbonyl (C=O) groups excluding carboxylic acids is 1. The predicted octanol–water partition coefficient (Wildman–Crippen LogP) is 3.26. The molecule has 0 saturated heterocycles. The van der Waals surface area contributed by atoms with E-state index in [1.807, 2.05) is 6.92 Å². The van der Waals surface area contributed by atoms with Crippen LogP contribution in [0.2, 0.25) is 10.2 Å². The summed E-state index contributed by atoms with van der Waals surface area (Å²) in [4.78, 5) is 16.0. The smallest absolute Gasteiger partial charge is 0.199 e. The molecule has 0 unspecified atom stereocenters. The summed E-state index contributed by atoms with van der Waals surface area (Å²) in [5.74, 6) is -1.38. The van der Waals surface area contributed by atoms with Crippen molar-refractivity contribution < 1.29 is 13.2 Å². The van der Waals surface area contributed by atoms with E-state index in [4.69, 9.17) is 23.2 Å². The molecular weight excluding hydrogens is 347 g/mol. The number of hydrogen-bond donors (Lipinski definition) is 0. The molecule has 118 valence electrons. The van der Waals surface area contributed by atoms with Gasteiger partial charge in [0.05, 0.1) is 16.2 Å². The van der Waals surface area contributed by atoms with Gasteiger partial charge in [-0.2, -0.15) is 0 Å². The van der Waals surface area contributed by atoms with E-state index in [-0.39, 0.29) is 20.8 Å². The molecule has 0 aliphatic carbocycles. The summed E-state index contributed by atoms with van der Waals surface area (Å²) in [5, 5.41) is 0.235. The highest BCUT2D eigenvalue weighted by molar-refractivity contribution is 7.92. The molecule has 0 radical (unpaired) electrons. The third-order valence-corrected chi connectivity index (χ3v) is 5.50. The average molecular weight is 361 g/mol. The first-order chi connectivity index (χ1) is 10.4. The Morgan fingerprint density at radius 3 is 2.59 bits per heavy atom. The fraction of sp³-hybridized carbons (Fsp3) is 0.286. The van der Waals surface area contributed by atoms with E-state index >= 15 is 0 Å². The molecule has 1 aromatic heterocycles. The maximum absolute atomic E-state index is 12.3. The van der Waals surface area contributed by atoms with Crippen LogP contribution in [0.1, 0.15) is 23.8 Å². The van der Waals surface area contributed by atoms with Crippen LogP contribution in [0.3, 0.4) is 0 Å². The Morgan fingerprint density at radius 2 is 1.95 bits per heavy atom. The van der Waals surface area contributed by atoms with Gasteiger partial charge in [0.1, 0.15) is 16.6 Å². The molecule has 1 heterocycles. The summed E-state index contributed by atoms with van der Waals surface area (Å²) in [7, 11) is -3.85. The first-order valence-corrected chi connectivity index (χ1v) is 8.98. The summed E-state index contributed by atoms with van der Waals surface area (Å²) in [6.45, 7) is 2.57. The van der Waals surface area contributed by atoms with Crippen molar-refractivity contribution in [1.82, 2.24) is 9.55 Å². The molecule has 0 fully saturated rings. The van der Waals surface area contributed by atoms with Crippen LogP contribution < -0.4 is 0 Å². The number of imidazole rings is 1. The Labute approximate surface area is 138 Å². The van der Waals surface area contributed by atoms with Crippen LogP contribution in [-0.2, 0) is 16.4 Å². The number of aromatic nitrogens is 2. The number of nitrogens with zero attached hydrogens (tertiary/aromatic N) is 2. The average Bonchev–Trinajstić information content (AvgIpc) is 2.80. The highest BCUT2D eigenvalue weighted by atomic mass is 35.5. The van der Waals surface area contributed by atoms with Gasteiger partial charge in [0, 0.05) is 6.54 Å². The number of carbonyl (C=O) groups is 1. The first kappa shape index (κ1) is 17.0. The highest BCUT2D eigenvalue weighted by Crippen LogP contribution is 2.23. The zero-order chi connectivity index (χ0) is 16.3. The first-order valence-electron chi connectivity index (χ1n) is 6.58. The monoisotopic (exact) mass is 360 g/mol. The second kappa shape index (κ2) is 6.81. The maximum atomic E-state index is 12.3. The minimum atomic E-state index is -3.85. The van der Waals surface area contributed by atoms with Crippen molar-refractivity contribution in [1.29, 1.82) is 0 Å². The highest BCUT2D eigenvalue weighted by Gasteiger charge is 2.26. The van der Waals surface area contributed by atoms with Crippen molar-refractivity contribution in [3.05, 3.63) is 46.5 Å². The Morgan fingerprint density at radius 1 is 1.27 bits per heavy atom. The van der Waals surface area contributed by atoms with E-state index in [2.05, 4.69) is 4.98 Å². The fourth-order valence-electron chi connectivity index (χ4n) is 1.97. The lowest BCUT2D eigenvalue weighted by molar-refractivity contribution is 0.101. The van der Waals surface area contributed by atoms with Crippen LogP contribution in [0.5, 0.6) is 0 Å². The van der Waals surface area contributed by atoms with Gasteiger partial charge < -0.3 is 4.57 Å². The molecule has 0 N–H and O–H groups in total. The largest absolute Gasteiger partial charge is 0.321 e. The fourth-order valence-corrected chi connectivity index (χ4v) is 4.03. The Hall–Kier alpha value is -1.37. The molecule has 2 aromatic rings. The van der Waals surface area contributed by atoms with E-state index < -0.39 is 21.4 Å². The van der Waals surface area contributed by atoms with Gasteiger partial charge in [0.25, 0.3) is 0 Å². The van der Waals surface area contributed by atoms with Crippen molar-refractivity contribution in [2.24, 2.45) is 0 Å². The Kier molecular flexibility index (Phi) is 5.26. The molecule has 0 saturated carbocycles. The van der Waals surface area contributed by atoms with Crippen LogP contribution in [-0.4, -0.2) is 29.5 Å². The molecule has 22 heavy (non-hydrogen) atoms. The van der Waals surface area contributed by atoms with E-state index in [0.717, 1.165) is 6.42 Å². The second-order valence-electron chi connectivity index (χ2n) is 4.69. The molecule has 2 rings (SSSR count). The lowest BCUT2D eigenvalue weighted by Crippen LogP contribution is -2.17. The van der Waals surface area contributed by atoms with Crippen molar-refractivity contribution >= 4 is 38.8 Å². The summed E-state index contributed by atoms with van der Waals surface area (Å²) in [6, 6.07) is 5.99. The predicted molar refractivity (Wildman–Crippen MR) is 85.4 cm³/mol. The van der Waals surface area contributed by atoms with Crippen LogP contribution in [0.25, 0.3) is 0 Å². The molecule has 0 atom stereocenters. The van der Waals surface area contributed by atoms with Crippen LogP contribution >= 0.6 is 23.2 Å². The van der Waals surface area contributed by atoms with E-state index in [1.165, 1.54) is 18.5 Å². The molecule has 8 heteroatoms. The molecule has 5 nitrogen and oxygen atoms in total. The second-order valence-corrected chi connectivity index (χ2v) is 7.41. The maximum Gasteiger partial charge on any atom is 0.199 e. The zero-order valence-electron chi connectivity index (χ0n) is 11.8. The third kappa shape index (κ3) is 3.51. The van der Waals surface area contributed by atoms with Crippen molar-refractivity contribution in [3.8, 4) is 0 Å². The minimum absolute atomic E-state index is 0.0363. The van der Waals surface area contributed by atoms with Gasteiger partial charge in [-0.3, -0.25) is 4.79 Å². The van der Waals surface area contributed by atoms with Crippen LogP contribution in [0.15, 0.2) is 35.5 Å². The van der Waals surface area contributed by atoms with Crippen molar-refractivity contribution in [2.75, 3.05) is 5.75 Å². The third-order valence-electron chi connectivity index (χ3n) is 3.00. The molecule has 0 aliphatic heterocycles. The van der Waals surface area contributed by atoms with Crippen molar-refractivity contribution in [2.45, 2.75) is 24.8 Å². The molecule has 0 amide bonds. The summed E-state index contributed by atoms with van der Waals surface area (Å²) in [6.07, 6.45) is 2.25. The van der Waals surface area contributed by atoms with E-state index in [1.54, 1.807) is 16.7 Å². The zero-order valence-corrected chi connectivity index (χ0v) is 14.1. The van der Waals surface area contributed by atoms with Gasteiger partial charge in [-0.15, -0.1) is 0 Å². The van der Waals surface area contributed by atoms with Gasteiger partial charge in [0.15, 0.2) is 15.6 Å². The van der Waals surface area contributed by atoms with Gasteiger partial charge in [0.2, 0.25) is 0 Å². The van der Waals surface area contributed by atoms with Crippen molar-refractivity contribution in [3.63, 3.8) is 0 Å². The quantitative estimate of drug-likeness (QED) is 0.741. The number of hydrogen-bond acceptors (Lipinski definition) is 4. The van der Waals surface area contributed by atoms with Gasteiger partial charge in [-0.25, -0.2) is 13.4 Å². The number of halogens is 2. The number of sulfone groups is 1. The van der Waals surface area contributed by atoms with E-state index in [9.17, 15) is 13.2 Å². The normalized spacial score (nSPS) is 11.6. The number of benzene rings is 1. The Bertz CT molecular complexity index is 800. The van der Waals surface area contributed by atoms with Crippen LogP contribution in [0, 0.1) is 0 Å². The lowest BCUT2D eigenvalue weighted by Gasteiger charge is -2.05. The molecule has 1 aromatic carbocycles. The molecule has 0 aliphatic rings. The molecule has 0 bridgehead atoms. The molecule has 0 spiro atoms. The number of Topliss-reactive ketones (excluding diaryl/α,β-unsaturated/α-hetero) is 1. The summed E-state index contributed by atoms with van der Waals surface area (Å²) in [5.41, 5.74) is -0.0363. The summed E-state index contributed by atoms with van der Waals surface area (Å²) >= 11 is 11.9. The standard InChI is InChI=1S/C14H14Cl2N2O3S/c1-2-7-18-9-17-13(14(18)16)11(19)8-22(20,21)12-6-4-3-5-10(12)15/h3-6,9H,2,7-8H2,1H3. The van der Waals surface area contributed by atoms with Crippen LogP contribution in [0.4, 0.5) is 0 Å². The van der Waals surface area contributed by atoms with Gasteiger partial charge >= 0.3 is 0 Å². The minimum Gasteiger partial charge on any atom is -0.321 e. The van der Waals surface area contributed by atoms with Gasteiger partial charge in [-0.1, -0.05) is 42.3 Å². The SMILES string of the molecule is CCCn1cnc(C(=O)CS(=O)(=O)c2ccccc2Cl)c1Cl. The topological polar surface area (TPSA) is 69.0 Å². The van der Waals surface area contributed by atoms with Gasteiger partial charge in [-0.05, 0) is 18.6 Å². The van der Waals surface area contributed by atoms with E-state index in [0.29, 0.717) is 6.54 Å². The summed E-state index contributed by atoms with van der Waals surface area (Å²) < 4.78 is 26.2. The lowest BCUT2D eigenvalue weighted by atomic mass is 10.3.